The highest BCUT2D eigenvalue weighted by molar-refractivity contribution is 5.12. The van der Waals surface area contributed by atoms with E-state index in [1.807, 2.05) is 0 Å². The summed E-state index contributed by atoms with van der Waals surface area (Å²) in [5.41, 5.74) is 10.9. The predicted molar refractivity (Wildman–Crippen MR) is 90.6 cm³/mol. The summed E-state index contributed by atoms with van der Waals surface area (Å²) in [7, 11) is 0. The highest BCUT2D eigenvalue weighted by Crippen LogP contribution is 2.12. The smallest absolute Gasteiger partial charge is 0.239 e. The molecule has 0 radical (unpaired) electrons. The number of unbranched alkanes of at least 4 members (excludes halogenated alkanes) is 8. The van der Waals surface area contributed by atoms with Gasteiger partial charge in [-0.25, -0.2) is 0 Å². The zero-order chi connectivity index (χ0) is 16.3. The Balaban J connectivity index is 1.34. The van der Waals surface area contributed by atoms with Gasteiger partial charge in [-0.05, 0) is 12.8 Å². The van der Waals surface area contributed by atoms with Crippen LogP contribution in [-0.2, 0) is 12.8 Å². The largest absolute Gasteiger partial charge is 0.367 e. The molecule has 0 aliphatic carbocycles. The number of nitrogen functional groups attached to an aromatic ring is 2. The first-order valence-electron chi connectivity index (χ1n) is 8.57. The van der Waals surface area contributed by atoms with Gasteiger partial charge in [0.1, 0.15) is 11.6 Å². The number of hydrogen-bond acceptors (Lipinski definition) is 6. The monoisotopic (exact) mass is 320 g/mol. The second kappa shape index (κ2) is 9.81. The normalized spacial score (nSPS) is 11.1. The lowest BCUT2D eigenvalue weighted by Crippen LogP contribution is -1.91. The predicted octanol–water partition coefficient (Wildman–Crippen LogP) is 2.38. The molecule has 0 unspecified atom stereocenters. The minimum absolute atomic E-state index is 0.340. The molecule has 6 N–H and O–H groups in total. The number of H-pyrrole nitrogens is 2. The number of nitrogens with two attached hydrogens (primary N) is 2. The minimum atomic E-state index is 0.340. The van der Waals surface area contributed by atoms with E-state index in [2.05, 4.69) is 30.4 Å². The Labute approximate surface area is 136 Å². The van der Waals surface area contributed by atoms with Crippen LogP contribution < -0.4 is 11.5 Å². The fourth-order valence-electron chi connectivity index (χ4n) is 2.67. The van der Waals surface area contributed by atoms with Gasteiger partial charge in [0.2, 0.25) is 11.9 Å². The van der Waals surface area contributed by atoms with E-state index in [4.69, 9.17) is 11.5 Å². The number of aryl methyl sites for hydroxylation is 2. The molecule has 0 fully saturated rings. The van der Waals surface area contributed by atoms with Crippen molar-refractivity contribution in [3.8, 4) is 0 Å². The van der Waals surface area contributed by atoms with Gasteiger partial charge in [-0.3, -0.25) is 10.2 Å². The Morgan fingerprint density at radius 2 is 0.913 bits per heavy atom. The quantitative estimate of drug-likeness (QED) is 0.443. The third kappa shape index (κ3) is 7.12. The number of rotatable bonds is 12. The molecule has 0 aliphatic rings. The van der Waals surface area contributed by atoms with Gasteiger partial charge in [0.25, 0.3) is 0 Å². The molecule has 0 aromatic carbocycles. The van der Waals surface area contributed by atoms with E-state index in [1.165, 1.54) is 44.9 Å². The number of nitrogens with one attached hydrogen (secondary N) is 2. The van der Waals surface area contributed by atoms with Gasteiger partial charge in [-0.2, -0.15) is 9.97 Å². The summed E-state index contributed by atoms with van der Waals surface area (Å²) >= 11 is 0. The number of anilines is 2. The average molecular weight is 320 g/mol. The first-order chi connectivity index (χ1) is 11.2. The van der Waals surface area contributed by atoms with Crippen LogP contribution in [-0.4, -0.2) is 30.4 Å². The van der Waals surface area contributed by atoms with Crippen LogP contribution in [0.3, 0.4) is 0 Å². The highest BCUT2D eigenvalue weighted by atomic mass is 15.3. The summed E-state index contributed by atoms with van der Waals surface area (Å²) in [6.07, 6.45) is 13.2. The summed E-state index contributed by atoms with van der Waals surface area (Å²) in [6.45, 7) is 0. The standard InChI is InChI=1S/C15H28N8/c16-14-18-12(20-22-14)10-8-6-4-2-1-3-5-7-9-11-13-19-15(17)23-21-13/h1-11H2,(H3,16,18,20,22)(H3,17,19,21,23). The van der Waals surface area contributed by atoms with Gasteiger partial charge >= 0.3 is 0 Å². The molecule has 0 amide bonds. The average Bonchev–Trinajstić information content (AvgIpc) is 3.13. The van der Waals surface area contributed by atoms with Gasteiger partial charge in [0.15, 0.2) is 0 Å². The van der Waals surface area contributed by atoms with Crippen LogP contribution in [0.25, 0.3) is 0 Å². The fraction of sp³-hybridized carbons (Fsp3) is 0.733. The van der Waals surface area contributed by atoms with E-state index in [0.29, 0.717) is 11.9 Å². The van der Waals surface area contributed by atoms with E-state index in [-0.39, 0.29) is 0 Å². The molecule has 0 aliphatic heterocycles. The van der Waals surface area contributed by atoms with E-state index in [1.54, 1.807) is 0 Å². The van der Waals surface area contributed by atoms with Gasteiger partial charge in [0, 0.05) is 12.8 Å². The molecular formula is C15H28N8. The molecule has 2 aromatic rings. The van der Waals surface area contributed by atoms with Crippen LogP contribution in [0.5, 0.6) is 0 Å². The maximum absolute atomic E-state index is 5.47. The molecular weight excluding hydrogens is 292 g/mol. The second-order valence-corrected chi connectivity index (χ2v) is 5.96. The number of hydrogen-bond donors (Lipinski definition) is 4. The van der Waals surface area contributed by atoms with Crippen molar-refractivity contribution in [2.24, 2.45) is 0 Å². The van der Waals surface area contributed by atoms with Crippen LogP contribution in [0.15, 0.2) is 0 Å². The van der Waals surface area contributed by atoms with Crippen molar-refractivity contribution in [1.82, 2.24) is 30.4 Å². The maximum atomic E-state index is 5.47. The molecule has 0 spiro atoms. The van der Waals surface area contributed by atoms with E-state index < -0.39 is 0 Å². The van der Waals surface area contributed by atoms with Crippen molar-refractivity contribution in [2.75, 3.05) is 11.5 Å². The third-order valence-corrected chi connectivity index (χ3v) is 3.93. The number of aromatic amines is 2. The highest BCUT2D eigenvalue weighted by Gasteiger charge is 2.00. The zero-order valence-electron chi connectivity index (χ0n) is 13.7. The van der Waals surface area contributed by atoms with Crippen molar-refractivity contribution < 1.29 is 0 Å². The van der Waals surface area contributed by atoms with Gasteiger partial charge in [-0.1, -0.05) is 44.9 Å². The lowest BCUT2D eigenvalue weighted by molar-refractivity contribution is 0.554. The maximum Gasteiger partial charge on any atom is 0.239 e. The molecule has 8 nitrogen and oxygen atoms in total. The van der Waals surface area contributed by atoms with Crippen LogP contribution in [0.1, 0.15) is 69.4 Å². The summed E-state index contributed by atoms with van der Waals surface area (Å²) in [4.78, 5) is 8.21. The molecule has 0 saturated carbocycles. The first-order valence-corrected chi connectivity index (χ1v) is 8.57. The van der Waals surface area contributed by atoms with Crippen LogP contribution in [0.4, 0.5) is 11.9 Å². The van der Waals surface area contributed by atoms with Crippen LogP contribution in [0.2, 0.25) is 0 Å². The summed E-state index contributed by atoms with van der Waals surface area (Å²) < 4.78 is 0. The summed E-state index contributed by atoms with van der Waals surface area (Å²) in [6, 6.07) is 0. The Morgan fingerprint density at radius 3 is 1.22 bits per heavy atom. The summed E-state index contributed by atoms with van der Waals surface area (Å²) in [5.74, 6) is 2.48. The molecule has 0 bridgehead atoms. The van der Waals surface area contributed by atoms with Crippen molar-refractivity contribution in [1.29, 1.82) is 0 Å². The molecule has 2 heterocycles. The number of aromatic nitrogens is 6. The van der Waals surface area contributed by atoms with Crippen molar-refractivity contribution in [2.45, 2.75) is 70.6 Å². The topological polar surface area (TPSA) is 135 Å². The van der Waals surface area contributed by atoms with Crippen molar-refractivity contribution >= 4 is 11.9 Å². The Kier molecular flexibility index (Phi) is 7.35. The SMILES string of the molecule is Nc1n[nH]c(CCCCCCCCCCCc2nc(N)n[nH]2)n1. The number of nitrogens with zero attached hydrogens (tertiary/aromatic N) is 4. The van der Waals surface area contributed by atoms with E-state index in [9.17, 15) is 0 Å². The molecule has 23 heavy (non-hydrogen) atoms. The Hall–Kier alpha value is -2.12. The van der Waals surface area contributed by atoms with Crippen molar-refractivity contribution in [3.63, 3.8) is 0 Å². The van der Waals surface area contributed by atoms with Crippen LogP contribution >= 0.6 is 0 Å². The summed E-state index contributed by atoms with van der Waals surface area (Å²) in [5, 5.41) is 13.3. The molecule has 2 aromatic heterocycles. The Bertz CT molecular complexity index is 499. The molecule has 128 valence electrons. The first kappa shape index (κ1) is 17.2. The second-order valence-electron chi connectivity index (χ2n) is 5.96. The van der Waals surface area contributed by atoms with Gasteiger partial charge < -0.3 is 11.5 Å². The van der Waals surface area contributed by atoms with Crippen LogP contribution in [0, 0.1) is 0 Å². The zero-order valence-corrected chi connectivity index (χ0v) is 13.7. The fourth-order valence-corrected chi connectivity index (χ4v) is 2.67. The molecule has 0 saturated heterocycles. The van der Waals surface area contributed by atoms with Gasteiger partial charge in [0.05, 0.1) is 0 Å². The van der Waals surface area contributed by atoms with Gasteiger partial charge in [-0.15, -0.1) is 10.2 Å². The lowest BCUT2D eigenvalue weighted by atomic mass is 10.1. The van der Waals surface area contributed by atoms with E-state index in [0.717, 1.165) is 37.3 Å². The molecule has 2 rings (SSSR count). The van der Waals surface area contributed by atoms with Crippen molar-refractivity contribution in [3.05, 3.63) is 11.6 Å². The molecule has 0 atom stereocenters. The van der Waals surface area contributed by atoms with E-state index >= 15 is 0 Å². The minimum Gasteiger partial charge on any atom is -0.367 e. The molecule has 8 heteroatoms. The Morgan fingerprint density at radius 1 is 0.565 bits per heavy atom. The third-order valence-electron chi connectivity index (χ3n) is 3.93. The lowest BCUT2D eigenvalue weighted by Gasteiger charge is -2.02.